The van der Waals surface area contributed by atoms with Crippen molar-refractivity contribution < 1.29 is 32.7 Å². The minimum atomic E-state index is -4.74. The van der Waals surface area contributed by atoms with Crippen molar-refractivity contribution in [2.45, 2.75) is 25.1 Å². The van der Waals surface area contributed by atoms with Crippen LogP contribution in [0.5, 0.6) is 0 Å². The molecule has 1 atom stereocenters. The molecule has 0 spiro atoms. The summed E-state index contributed by atoms with van der Waals surface area (Å²) < 4.78 is 36.9. The lowest BCUT2D eigenvalue weighted by Crippen LogP contribution is -2.47. The molecule has 0 saturated carbocycles. The van der Waals surface area contributed by atoms with E-state index >= 15 is 0 Å². The van der Waals surface area contributed by atoms with E-state index in [2.05, 4.69) is 5.32 Å². The van der Waals surface area contributed by atoms with Crippen LogP contribution >= 0.6 is 0 Å². The monoisotopic (exact) mass is 382 g/mol. The first kappa shape index (κ1) is 20.2. The van der Waals surface area contributed by atoms with Crippen LogP contribution in [0.15, 0.2) is 42.5 Å². The summed E-state index contributed by atoms with van der Waals surface area (Å²) in [5, 5.41) is 14.6. The first-order valence-corrected chi connectivity index (χ1v) is 7.98. The van der Waals surface area contributed by atoms with Gasteiger partial charge < -0.3 is 15.7 Å². The second-order valence-corrected chi connectivity index (χ2v) is 5.87. The van der Waals surface area contributed by atoms with Gasteiger partial charge in [0.15, 0.2) is 0 Å². The Kier molecular flexibility index (Phi) is 6.38. The summed E-state index contributed by atoms with van der Waals surface area (Å²) in [6.45, 7) is -0.620. The highest BCUT2D eigenvalue weighted by molar-refractivity contribution is 5.92. The van der Waals surface area contributed by atoms with E-state index in [9.17, 15) is 27.6 Å². The summed E-state index contributed by atoms with van der Waals surface area (Å²) in [7, 11) is 0. The lowest BCUT2D eigenvalue weighted by molar-refractivity contribution is -0.159. The minimum Gasteiger partial charge on any atom is -0.480 e. The van der Waals surface area contributed by atoms with Gasteiger partial charge in [0, 0.05) is 0 Å². The Morgan fingerprint density at radius 1 is 1.00 bits per heavy atom. The largest absolute Gasteiger partial charge is 0.480 e. The molecule has 2 aromatic rings. The van der Waals surface area contributed by atoms with Gasteiger partial charge in [0.25, 0.3) is 0 Å². The zero-order valence-electron chi connectivity index (χ0n) is 14.0. The van der Waals surface area contributed by atoms with Crippen LogP contribution in [-0.4, -0.2) is 41.7 Å². The molecule has 2 amide bonds. The fraction of sp³-hybridized carbons (Fsp3) is 0.278. The Morgan fingerprint density at radius 2 is 1.67 bits per heavy atom. The molecule has 3 N–H and O–H groups in total. The van der Waals surface area contributed by atoms with Gasteiger partial charge in [0.2, 0.25) is 11.8 Å². The Bertz CT molecular complexity index is 847. The van der Waals surface area contributed by atoms with Crippen molar-refractivity contribution in [3.8, 4) is 0 Å². The minimum absolute atomic E-state index is 0.0282. The van der Waals surface area contributed by atoms with Gasteiger partial charge in [-0.3, -0.25) is 9.59 Å². The predicted molar refractivity (Wildman–Crippen MR) is 90.9 cm³/mol. The normalized spacial score (nSPS) is 12.4. The molecule has 9 heteroatoms. The first-order valence-electron chi connectivity index (χ1n) is 7.98. The Balaban J connectivity index is 1.90. The SMILES string of the molecule is O=C(Cc1cccc2ccccc12)NCC(=O)NC(CC(F)(F)F)C(=O)O. The Hall–Kier alpha value is -3.10. The van der Waals surface area contributed by atoms with Crippen LogP contribution in [-0.2, 0) is 20.8 Å². The molecule has 0 radical (unpaired) electrons. The molecule has 27 heavy (non-hydrogen) atoms. The third-order valence-electron chi connectivity index (χ3n) is 3.75. The van der Waals surface area contributed by atoms with Crippen molar-refractivity contribution in [3.63, 3.8) is 0 Å². The number of rotatable bonds is 7. The summed E-state index contributed by atoms with van der Waals surface area (Å²) in [5.41, 5.74) is 0.728. The van der Waals surface area contributed by atoms with Crippen molar-refractivity contribution in [1.29, 1.82) is 0 Å². The molecule has 2 rings (SSSR count). The fourth-order valence-electron chi connectivity index (χ4n) is 2.54. The number of carbonyl (C=O) groups excluding carboxylic acids is 2. The number of aliphatic carboxylic acids is 1. The second kappa shape index (κ2) is 8.52. The van der Waals surface area contributed by atoms with E-state index in [1.54, 1.807) is 17.4 Å². The second-order valence-electron chi connectivity index (χ2n) is 5.87. The Morgan fingerprint density at radius 3 is 2.33 bits per heavy atom. The number of carbonyl (C=O) groups is 3. The number of fused-ring (bicyclic) bond motifs is 1. The summed E-state index contributed by atoms with van der Waals surface area (Å²) in [6, 6.07) is 10.7. The van der Waals surface area contributed by atoms with Crippen molar-refractivity contribution in [3.05, 3.63) is 48.0 Å². The van der Waals surface area contributed by atoms with Crippen LogP contribution in [0, 0.1) is 0 Å². The number of alkyl halides is 3. The van der Waals surface area contributed by atoms with Crippen molar-refractivity contribution in [1.82, 2.24) is 10.6 Å². The zero-order valence-corrected chi connectivity index (χ0v) is 14.0. The summed E-state index contributed by atoms with van der Waals surface area (Å²) in [4.78, 5) is 34.5. The molecular weight excluding hydrogens is 365 g/mol. The molecular formula is C18H17F3N2O4. The topological polar surface area (TPSA) is 95.5 Å². The van der Waals surface area contributed by atoms with E-state index < -0.39 is 43.0 Å². The zero-order chi connectivity index (χ0) is 20.0. The summed E-state index contributed by atoms with van der Waals surface area (Å²) in [6.07, 6.45) is -6.47. The van der Waals surface area contributed by atoms with E-state index in [4.69, 9.17) is 5.11 Å². The van der Waals surface area contributed by atoms with Gasteiger partial charge in [0.1, 0.15) is 6.04 Å². The van der Waals surface area contributed by atoms with E-state index in [0.717, 1.165) is 16.3 Å². The van der Waals surface area contributed by atoms with Crippen molar-refractivity contribution in [2.75, 3.05) is 6.54 Å². The molecule has 0 saturated heterocycles. The third-order valence-corrected chi connectivity index (χ3v) is 3.75. The van der Waals surface area contributed by atoms with Gasteiger partial charge in [-0.05, 0) is 16.3 Å². The lowest BCUT2D eigenvalue weighted by atomic mass is 10.0. The molecule has 0 aromatic heterocycles. The van der Waals surface area contributed by atoms with E-state index in [1.165, 1.54) is 0 Å². The molecule has 6 nitrogen and oxygen atoms in total. The van der Waals surface area contributed by atoms with E-state index in [-0.39, 0.29) is 6.42 Å². The van der Waals surface area contributed by atoms with Crippen LogP contribution in [0.25, 0.3) is 10.8 Å². The predicted octanol–water partition coefficient (Wildman–Crippen LogP) is 2.02. The van der Waals surface area contributed by atoms with Gasteiger partial charge in [-0.1, -0.05) is 42.5 Å². The maximum Gasteiger partial charge on any atom is 0.391 e. The molecule has 2 aromatic carbocycles. The number of carboxylic acids is 1. The van der Waals surface area contributed by atoms with Crippen molar-refractivity contribution in [2.24, 2.45) is 0 Å². The van der Waals surface area contributed by atoms with E-state index in [1.807, 2.05) is 30.3 Å². The van der Waals surface area contributed by atoms with Gasteiger partial charge >= 0.3 is 12.1 Å². The number of hydrogen-bond acceptors (Lipinski definition) is 3. The summed E-state index contributed by atoms with van der Waals surface area (Å²) >= 11 is 0. The highest BCUT2D eigenvalue weighted by atomic mass is 19.4. The molecule has 0 aliphatic carbocycles. The molecule has 0 fully saturated rings. The molecule has 1 unspecified atom stereocenters. The van der Waals surface area contributed by atoms with Crippen molar-refractivity contribution >= 4 is 28.6 Å². The molecule has 0 aliphatic rings. The maximum absolute atomic E-state index is 12.3. The average Bonchev–Trinajstić information content (AvgIpc) is 2.58. The van der Waals surface area contributed by atoms with Crippen LogP contribution in [0.3, 0.4) is 0 Å². The standard InChI is InChI=1S/C18H17F3N2O4/c19-18(20,21)9-14(17(26)27)23-16(25)10-22-15(24)8-12-6-3-5-11-4-1-2-7-13(11)12/h1-7,14H,8-10H2,(H,22,24)(H,23,25)(H,26,27). The summed E-state index contributed by atoms with van der Waals surface area (Å²) in [5.74, 6) is -3.33. The Labute approximate surface area is 152 Å². The van der Waals surface area contributed by atoms with E-state index in [0.29, 0.717) is 0 Å². The third kappa shape index (κ3) is 6.28. The highest BCUT2D eigenvalue weighted by Crippen LogP contribution is 2.21. The fourth-order valence-corrected chi connectivity index (χ4v) is 2.54. The van der Waals surface area contributed by atoms with Gasteiger partial charge in [-0.15, -0.1) is 0 Å². The lowest BCUT2D eigenvalue weighted by Gasteiger charge is -2.16. The number of carboxylic acid groups (broad SMARTS) is 1. The number of amides is 2. The molecule has 144 valence electrons. The van der Waals surface area contributed by atoms with Crippen LogP contribution in [0.2, 0.25) is 0 Å². The van der Waals surface area contributed by atoms with Gasteiger partial charge in [-0.2, -0.15) is 13.2 Å². The average molecular weight is 382 g/mol. The molecule has 0 aliphatic heterocycles. The number of benzene rings is 2. The molecule has 0 heterocycles. The number of hydrogen-bond donors (Lipinski definition) is 3. The highest BCUT2D eigenvalue weighted by Gasteiger charge is 2.36. The number of halogens is 3. The molecule has 0 bridgehead atoms. The van der Waals surface area contributed by atoms with Crippen LogP contribution in [0.1, 0.15) is 12.0 Å². The quantitative estimate of drug-likeness (QED) is 0.683. The van der Waals surface area contributed by atoms with Crippen LogP contribution < -0.4 is 10.6 Å². The van der Waals surface area contributed by atoms with Gasteiger partial charge in [0.05, 0.1) is 19.4 Å². The maximum atomic E-state index is 12.3. The van der Waals surface area contributed by atoms with Gasteiger partial charge in [-0.25, -0.2) is 4.79 Å². The van der Waals surface area contributed by atoms with Crippen LogP contribution in [0.4, 0.5) is 13.2 Å². The first-order chi connectivity index (χ1) is 12.7. The number of nitrogens with one attached hydrogen (secondary N) is 2. The smallest absolute Gasteiger partial charge is 0.391 e.